The second kappa shape index (κ2) is 8.78. The fourth-order valence-electron chi connectivity index (χ4n) is 3.91. The summed E-state index contributed by atoms with van der Waals surface area (Å²) in [6.45, 7) is 2.07. The molecule has 1 aliphatic carbocycles. The van der Waals surface area contributed by atoms with Crippen molar-refractivity contribution in [3.8, 4) is 22.1 Å². The smallest absolute Gasteiger partial charge is 0.298 e. The van der Waals surface area contributed by atoms with Crippen LogP contribution >= 0.6 is 11.3 Å². The first kappa shape index (κ1) is 21.3. The summed E-state index contributed by atoms with van der Waals surface area (Å²) in [5, 5.41) is 6.53. The number of halogens is 1. The molecular formula is C25H23FN4O2S. The zero-order valence-electron chi connectivity index (χ0n) is 18.3. The summed E-state index contributed by atoms with van der Waals surface area (Å²) in [6.07, 6.45) is 2.19. The van der Waals surface area contributed by atoms with Crippen molar-refractivity contribution >= 4 is 22.9 Å². The fraction of sp³-hybridized carbons (Fsp3) is 0.240. The van der Waals surface area contributed by atoms with E-state index in [1.165, 1.54) is 23.5 Å². The molecule has 8 heteroatoms. The lowest BCUT2D eigenvalue weighted by atomic mass is 10.1. The van der Waals surface area contributed by atoms with Gasteiger partial charge in [0.15, 0.2) is 5.82 Å². The third kappa shape index (κ3) is 4.26. The van der Waals surface area contributed by atoms with E-state index >= 15 is 0 Å². The number of thiophene rings is 1. The van der Waals surface area contributed by atoms with Crippen molar-refractivity contribution in [2.45, 2.75) is 25.8 Å². The molecule has 1 fully saturated rings. The Morgan fingerprint density at radius 3 is 2.48 bits per heavy atom. The number of anilines is 1. The minimum Gasteiger partial charge on any atom is -0.497 e. The number of hydrogen-bond acceptors (Lipinski definition) is 5. The van der Waals surface area contributed by atoms with Crippen LogP contribution in [0.15, 0.2) is 66.0 Å². The number of benzene rings is 2. The van der Waals surface area contributed by atoms with E-state index in [9.17, 15) is 9.18 Å². The summed E-state index contributed by atoms with van der Waals surface area (Å²) in [6, 6.07) is 17.3. The molecule has 0 N–H and O–H groups in total. The van der Waals surface area contributed by atoms with Crippen molar-refractivity contribution in [2.24, 2.45) is 5.92 Å². The Bertz CT molecular complexity index is 1250. The van der Waals surface area contributed by atoms with Crippen molar-refractivity contribution in [2.75, 3.05) is 12.0 Å². The van der Waals surface area contributed by atoms with Gasteiger partial charge in [0.05, 0.1) is 17.7 Å². The number of methoxy groups -OCH3 is 1. The van der Waals surface area contributed by atoms with Crippen LogP contribution in [0.1, 0.15) is 30.4 Å². The van der Waals surface area contributed by atoms with Gasteiger partial charge in [-0.1, -0.05) is 6.07 Å². The maximum Gasteiger partial charge on any atom is 0.298 e. The summed E-state index contributed by atoms with van der Waals surface area (Å²) in [4.78, 5) is 21.1. The van der Waals surface area contributed by atoms with Crippen LogP contribution in [0.5, 0.6) is 5.75 Å². The third-order valence-electron chi connectivity index (χ3n) is 5.89. The molecule has 1 amide bonds. The van der Waals surface area contributed by atoms with E-state index in [-0.39, 0.29) is 23.6 Å². The Morgan fingerprint density at radius 1 is 1.15 bits per heavy atom. The Labute approximate surface area is 195 Å². The molecule has 168 valence electrons. The molecule has 33 heavy (non-hydrogen) atoms. The van der Waals surface area contributed by atoms with Gasteiger partial charge in [0.2, 0.25) is 5.82 Å². The van der Waals surface area contributed by atoms with Gasteiger partial charge in [-0.2, -0.15) is 0 Å². The minimum atomic E-state index is -0.336. The van der Waals surface area contributed by atoms with Gasteiger partial charge in [0.1, 0.15) is 11.6 Å². The van der Waals surface area contributed by atoms with E-state index in [4.69, 9.17) is 4.74 Å². The van der Waals surface area contributed by atoms with Crippen molar-refractivity contribution in [1.82, 2.24) is 14.8 Å². The average Bonchev–Trinajstić information content (AvgIpc) is 3.36. The summed E-state index contributed by atoms with van der Waals surface area (Å²) < 4.78 is 20.4. The van der Waals surface area contributed by atoms with Gasteiger partial charge < -0.3 is 9.64 Å². The molecule has 1 unspecified atom stereocenters. The Hall–Kier alpha value is -3.52. The molecule has 1 atom stereocenters. The molecule has 2 aromatic carbocycles. The van der Waals surface area contributed by atoms with Crippen LogP contribution in [0.3, 0.4) is 0 Å². The molecule has 2 heterocycles. The fourth-order valence-corrected chi connectivity index (χ4v) is 4.61. The van der Waals surface area contributed by atoms with Crippen LogP contribution in [0.25, 0.3) is 16.4 Å². The predicted octanol–water partition coefficient (Wildman–Crippen LogP) is 5.59. The Morgan fingerprint density at radius 2 is 1.88 bits per heavy atom. The van der Waals surface area contributed by atoms with Crippen LogP contribution in [0, 0.1) is 11.7 Å². The number of carbonyl (C=O) groups excluding carboxylic acids is 1. The first-order valence-corrected chi connectivity index (χ1v) is 11.7. The van der Waals surface area contributed by atoms with Crippen LogP contribution in [0.4, 0.5) is 10.1 Å². The van der Waals surface area contributed by atoms with E-state index < -0.39 is 0 Å². The van der Waals surface area contributed by atoms with E-state index in [1.54, 1.807) is 28.8 Å². The quantitative estimate of drug-likeness (QED) is 0.359. The first-order chi connectivity index (χ1) is 16.0. The molecule has 4 aromatic rings. The Kier molecular flexibility index (Phi) is 5.68. The van der Waals surface area contributed by atoms with E-state index in [2.05, 4.69) is 17.0 Å². The van der Waals surface area contributed by atoms with Crippen LogP contribution < -0.4 is 9.64 Å². The second-order valence-corrected chi connectivity index (χ2v) is 9.02. The number of aromatic nitrogens is 3. The summed E-state index contributed by atoms with van der Waals surface area (Å²) in [5.74, 6) is 1.23. The SMILES string of the molecule is COc1ccc(N(C(=O)c2nc(-c3cccs3)n(-c3ccc(F)cc3)n2)C(C)C2CC2)cc1. The molecule has 0 saturated heterocycles. The van der Waals surface area contributed by atoms with Gasteiger partial charge in [-0.25, -0.2) is 14.1 Å². The maximum absolute atomic E-state index is 13.8. The zero-order chi connectivity index (χ0) is 22.9. The normalized spacial score (nSPS) is 14.2. The minimum absolute atomic E-state index is 0.00820. The van der Waals surface area contributed by atoms with E-state index in [0.717, 1.165) is 29.2 Å². The van der Waals surface area contributed by atoms with Crippen molar-refractivity contribution in [1.29, 1.82) is 0 Å². The van der Waals surface area contributed by atoms with Crippen molar-refractivity contribution < 1.29 is 13.9 Å². The molecule has 0 spiro atoms. The van der Waals surface area contributed by atoms with Gasteiger partial charge in [0.25, 0.3) is 5.91 Å². The number of hydrogen-bond donors (Lipinski definition) is 0. The van der Waals surface area contributed by atoms with E-state index in [0.29, 0.717) is 17.4 Å². The second-order valence-electron chi connectivity index (χ2n) is 8.08. The summed E-state index contributed by atoms with van der Waals surface area (Å²) in [7, 11) is 1.61. The highest BCUT2D eigenvalue weighted by Crippen LogP contribution is 2.38. The highest BCUT2D eigenvalue weighted by Gasteiger charge is 2.37. The van der Waals surface area contributed by atoms with Gasteiger partial charge in [-0.15, -0.1) is 16.4 Å². The number of carbonyl (C=O) groups is 1. The topological polar surface area (TPSA) is 60.2 Å². The highest BCUT2D eigenvalue weighted by molar-refractivity contribution is 7.13. The van der Waals surface area contributed by atoms with Gasteiger partial charge >= 0.3 is 0 Å². The molecular weight excluding hydrogens is 439 g/mol. The third-order valence-corrected chi connectivity index (χ3v) is 6.76. The molecule has 2 aromatic heterocycles. The van der Waals surface area contributed by atoms with Gasteiger partial charge in [-0.3, -0.25) is 4.79 Å². The first-order valence-electron chi connectivity index (χ1n) is 10.8. The lowest BCUT2D eigenvalue weighted by Crippen LogP contribution is -2.40. The lowest BCUT2D eigenvalue weighted by Gasteiger charge is -2.28. The largest absolute Gasteiger partial charge is 0.497 e. The van der Waals surface area contributed by atoms with Crippen molar-refractivity contribution in [3.05, 3.63) is 77.7 Å². The van der Waals surface area contributed by atoms with Crippen LogP contribution in [-0.4, -0.2) is 33.8 Å². The highest BCUT2D eigenvalue weighted by atomic mass is 32.1. The summed E-state index contributed by atoms with van der Waals surface area (Å²) in [5.41, 5.74) is 1.41. The molecule has 0 bridgehead atoms. The standard InChI is InChI=1S/C25H23FN4O2S/c1-16(17-5-6-17)29(19-11-13-21(32-2)14-12-19)25(31)23-27-24(22-4-3-15-33-22)30(28-23)20-9-7-18(26)8-10-20/h3-4,7-17H,5-6H2,1-2H3. The molecule has 1 aliphatic rings. The number of amides is 1. The molecule has 0 radical (unpaired) electrons. The molecule has 5 rings (SSSR count). The van der Waals surface area contributed by atoms with Crippen LogP contribution in [-0.2, 0) is 0 Å². The summed E-state index contributed by atoms with van der Waals surface area (Å²) >= 11 is 1.51. The molecule has 1 saturated carbocycles. The zero-order valence-corrected chi connectivity index (χ0v) is 19.1. The van der Waals surface area contributed by atoms with Crippen molar-refractivity contribution in [3.63, 3.8) is 0 Å². The maximum atomic E-state index is 13.8. The number of ether oxygens (including phenoxy) is 1. The van der Waals surface area contributed by atoms with Gasteiger partial charge in [-0.05, 0) is 85.7 Å². The van der Waals surface area contributed by atoms with Gasteiger partial charge in [0, 0.05) is 11.7 Å². The average molecular weight is 463 g/mol. The Balaban J connectivity index is 1.58. The van der Waals surface area contributed by atoms with Crippen LogP contribution in [0.2, 0.25) is 0 Å². The predicted molar refractivity (Wildman–Crippen MR) is 127 cm³/mol. The monoisotopic (exact) mass is 462 g/mol. The number of nitrogens with zero attached hydrogens (tertiary/aromatic N) is 4. The lowest BCUT2D eigenvalue weighted by molar-refractivity contribution is 0.0965. The number of rotatable bonds is 7. The molecule has 0 aliphatic heterocycles. The molecule has 6 nitrogen and oxygen atoms in total. The van der Waals surface area contributed by atoms with E-state index in [1.807, 2.05) is 41.8 Å².